The fraction of sp³-hybridized carbons (Fsp3) is 0.208. The quantitative estimate of drug-likeness (QED) is 0.409. The number of amides is 1. The number of hydrazone groups is 1. The molecule has 0 bridgehead atoms. The number of aliphatic imine (C=N–C) groups is 1. The Bertz CT molecular complexity index is 1270. The molecule has 3 aliphatic heterocycles. The number of hydrogen-bond acceptors (Lipinski definition) is 8. The van der Waals surface area contributed by atoms with Crippen LogP contribution in [-0.2, 0) is 4.79 Å². The highest BCUT2D eigenvalue weighted by Crippen LogP contribution is 2.33. The van der Waals surface area contributed by atoms with E-state index in [4.69, 9.17) is 14.9 Å². The van der Waals surface area contributed by atoms with Crippen LogP contribution >= 0.6 is 11.8 Å². The van der Waals surface area contributed by atoms with Crippen LogP contribution in [-0.4, -0.2) is 58.2 Å². The number of esters is 1. The fourth-order valence-corrected chi connectivity index (χ4v) is 4.72. The lowest BCUT2D eigenvalue weighted by atomic mass is 10.1. The molecule has 3 heterocycles. The first kappa shape index (κ1) is 21.9. The number of nitrogens with zero attached hydrogens (tertiary/aromatic N) is 4. The van der Waals surface area contributed by atoms with Gasteiger partial charge in [-0.15, -0.1) is 5.10 Å². The van der Waals surface area contributed by atoms with Crippen molar-refractivity contribution >= 4 is 45.9 Å². The number of ether oxygens (including phenoxy) is 2. The topological polar surface area (TPSA) is 108 Å². The van der Waals surface area contributed by atoms with Crippen molar-refractivity contribution in [1.29, 1.82) is 5.41 Å². The molecular weight excluding hydrogens is 454 g/mol. The maximum Gasteiger partial charge on any atom is 0.343 e. The second kappa shape index (κ2) is 9.14. The number of carbonyl (C=O) groups is 2. The maximum atomic E-state index is 12.7. The molecule has 3 aliphatic rings. The van der Waals surface area contributed by atoms with Crippen LogP contribution in [0.3, 0.4) is 0 Å². The van der Waals surface area contributed by atoms with Gasteiger partial charge in [0.15, 0.2) is 22.5 Å². The molecule has 34 heavy (non-hydrogen) atoms. The highest BCUT2D eigenvalue weighted by Gasteiger charge is 2.37. The average molecular weight is 476 g/mol. The van der Waals surface area contributed by atoms with Crippen molar-refractivity contribution < 1.29 is 19.1 Å². The predicted molar refractivity (Wildman–Crippen MR) is 130 cm³/mol. The highest BCUT2D eigenvalue weighted by molar-refractivity contribution is 8.26. The van der Waals surface area contributed by atoms with Gasteiger partial charge in [-0.25, -0.2) is 4.79 Å². The molecule has 1 amide bonds. The van der Waals surface area contributed by atoms with Crippen molar-refractivity contribution in [1.82, 2.24) is 9.91 Å². The summed E-state index contributed by atoms with van der Waals surface area (Å²) < 4.78 is 10.9. The Hall–Kier alpha value is -3.92. The van der Waals surface area contributed by atoms with Gasteiger partial charge in [0.2, 0.25) is 5.17 Å². The number of methoxy groups -OCH3 is 1. The summed E-state index contributed by atoms with van der Waals surface area (Å²) in [6.07, 6.45) is 3.77. The number of amidine groups is 3. The lowest BCUT2D eigenvalue weighted by Crippen LogP contribution is -2.35. The van der Waals surface area contributed by atoms with Crippen molar-refractivity contribution in [3.05, 3.63) is 65.2 Å². The number of fused-ring (bicyclic) bond motifs is 1. The molecule has 0 aliphatic carbocycles. The van der Waals surface area contributed by atoms with Gasteiger partial charge in [0.05, 0.1) is 18.2 Å². The Labute approximate surface area is 200 Å². The van der Waals surface area contributed by atoms with Gasteiger partial charge in [-0.3, -0.25) is 10.2 Å². The van der Waals surface area contributed by atoms with Gasteiger partial charge in [0.25, 0.3) is 5.91 Å². The second-order valence-electron chi connectivity index (χ2n) is 7.76. The van der Waals surface area contributed by atoms with Gasteiger partial charge in [-0.1, -0.05) is 24.3 Å². The largest absolute Gasteiger partial charge is 0.493 e. The van der Waals surface area contributed by atoms with Crippen LogP contribution in [0.25, 0.3) is 6.08 Å². The number of benzene rings is 2. The van der Waals surface area contributed by atoms with Crippen LogP contribution in [0.5, 0.6) is 11.5 Å². The molecule has 0 saturated carbocycles. The number of rotatable bonds is 4. The van der Waals surface area contributed by atoms with Gasteiger partial charge < -0.3 is 14.4 Å². The summed E-state index contributed by atoms with van der Waals surface area (Å²) in [5.74, 6) is -0.465. The van der Waals surface area contributed by atoms with Crippen LogP contribution < -0.4 is 9.47 Å². The molecule has 1 N–H and O–H groups in total. The first-order chi connectivity index (χ1) is 16.5. The van der Waals surface area contributed by atoms with E-state index in [9.17, 15) is 9.59 Å². The van der Waals surface area contributed by atoms with Crippen LogP contribution in [0.2, 0.25) is 0 Å². The minimum atomic E-state index is -0.505. The van der Waals surface area contributed by atoms with E-state index in [2.05, 4.69) is 15.0 Å². The first-order valence-electron chi connectivity index (χ1n) is 10.7. The molecule has 0 spiro atoms. The third-order valence-electron chi connectivity index (χ3n) is 5.53. The standard InChI is InChI=1S/C24H21N5O4S/c1-32-19-14-15(9-10-18(19)33-22(31)16-7-3-2-4-8-16)13-17-20(25)29-23(26-21(17)30)34-24(27-29)28-11-5-6-12-28/h2-4,7-10,13-14,25H,5-6,11-12H2,1H3/b17-13+,25-20?. The van der Waals surface area contributed by atoms with Gasteiger partial charge >= 0.3 is 5.97 Å². The van der Waals surface area contributed by atoms with E-state index >= 15 is 0 Å². The summed E-state index contributed by atoms with van der Waals surface area (Å²) in [5, 5.41) is 15.6. The van der Waals surface area contributed by atoms with Crippen molar-refractivity contribution in [3.63, 3.8) is 0 Å². The van der Waals surface area contributed by atoms with Crippen LogP contribution in [0, 0.1) is 5.41 Å². The van der Waals surface area contributed by atoms with Crippen LogP contribution in [0.1, 0.15) is 28.8 Å². The van der Waals surface area contributed by atoms with E-state index in [1.165, 1.54) is 23.9 Å². The number of likely N-dealkylation sites (tertiary alicyclic amines) is 1. The Morgan fingerprint density at radius 3 is 2.59 bits per heavy atom. The van der Waals surface area contributed by atoms with Crippen molar-refractivity contribution in [3.8, 4) is 11.5 Å². The Morgan fingerprint density at radius 2 is 1.85 bits per heavy atom. The van der Waals surface area contributed by atoms with Crippen molar-refractivity contribution in [2.45, 2.75) is 12.8 Å². The molecule has 10 heteroatoms. The minimum Gasteiger partial charge on any atom is -0.493 e. The smallest absolute Gasteiger partial charge is 0.343 e. The molecule has 1 saturated heterocycles. The number of hydrogen-bond donors (Lipinski definition) is 1. The summed E-state index contributed by atoms with van der Waals surface area (Å²) in [6.45, 7) is 1.83. The summed E-state index contributed by atoms with van der Waals surface area (Å²) in [7, 11) is 1.46. The normalized spacial score (nSPS) is 18.7. The average Bonchev–Trinajstić information content (AvgIpc) is 3.53. The lowest BCUT2D eigenvalue weighted by Gasteiger charge is -2.20. The van der Waals surface area contributed by atoms with Crippen LogP contribution in [0.15, 0.2) is 64.2 Å². The zero-order valence-corrected chi connectivity index (χ0v) is 19.2. The van der Waals surface area contributed by atoms with E-state index in [1.807, 2.05) is 6.07 Å². The molecular formula is C24H21N5O4S. The molecule has 9 nitrogen and oxygen atoms in total. The van der Waals surface area contributed by atoms with E-state index in [1.54, 1.807) is 48.5 Å². The Balaban J connectivity index is 1.38. The molecule has 0 radical (unpaired) electrons. The van der Waals surface area contributed by atoms with Gasteiger partial charge in [0.1, 0.15) is 0 Å². The molecule has 1 fully saturated rings. The summed E-state index contributed by atoms with van der Waals surface area (Å²) in [5.41, 5.74) is 1.13. The van der Waals surface area contributed by atoms with Crippen LogP contribution in [0.4, 0.5) is 0 Å². The Kier molecular flexibility index (Phi) is 5.89. The second-order valence-corrected chi connectivity index (χ2v) is 8.70. The van der Waals surface area contributed by atoms with Crippen molar-refractivity contribution in [2.75, 3.05) is 20.2 Å². The minimum absolute atomic E-state index is 0.0322. The lowest BCUT2D eigenvalue weighted by molar-refractivity contribution is -0.114. The SMILES string of the molecule is COc1cc(/C=C2\C(=N)N3N=C(N4CCCC4)SC3=NC2=O)ccc1OC(=O)c1ccccc1. The zero-order chi connectivity index (χ0) is 23.7. The number of thioether (sulfide) groups is 1. The fourth-order valence-electron chi connectivity index (χ4n) is 3.78. The maximum absolute atomic E-state index is 12.7. The summed E-state index contributed by atoms with van der Waals surface area (Å²) in [6, 6.07) is 13.6. The molecule has 2 aromatic rings. The van der Waals surface area contributed by atoms with E-state index < -0.39 is 11.9 Å². The zero-order valence-electron chi connectivity index (χ0n) is 18.4. The van der Waals surface area contributed by atoms with Gasteiger partial charge in [-0.2, -0.15) is 10.0 Å². The highest BCUT2D eigenvalue weighted by atomic mass is 32.2. The van der Waals surface area contributed by atoms with E-state index in [-0.39, 0.29) is 17.2 Å². The molecule has 172 valence electrons. The summed E-state index contributed by atoms with van der Waals surface area (Å²) >= 11 is 1.31. The van der Waals surface area contributed by atoms with E-state index in [0.717, 1.165) is 31.1 Å². The molecule has 0 unspecified atom stereocenters. The summed E-state index contributed by atoms with van der Waals surface area (Å²) in [4.78, 5) is 31.4. The third-order valence-corrected chi connectivity index (χ3v) is 6.50. The molecule has 5 rings (SSSR count). The molecule has 0 aromatic heterocycles. The van der Waals surface area contributed by atoms with Crippen molar-refractivity contribution in [2.24, 2.45) is 10.1 Å². The monoisotopic (exact) mass is 475 g/mol. The predicted octanol–water partition coefficient (Wildman–Crippen LogP) is 3.59. The van der Waals surface area contributed by atoms with Gasteiger partial charge in [-0.05, 0) is 60.5 Å². The van der Waals surface area contributed by atoms with Gasteiger partial charge in [0, 0.05) is 13.1 Å². The third kappa shape index (κ3) is 4.19. The van der Waals surface area contributed by atoms with E-state index in [0.29, 0.717) is 22.0 Å². The number of nitrogens with one attached hydrogen (secondary N) is 1. The first-order valence-corrected chi connectivity index (χ1v) is 11.6. The molecule has 0 atom stereocenters. The Morgan fingerprint density at radius 1 is 1.09 bits per heavy atom. The molecule has 2 aromatic carbocycles. The number of carbonyl (C=O) groups excluding carboxylic acids is 2.